The van der Waals surface area contributed by atoms with Crippen molar-refractivity contribution >= 4 is 11.8 Å². The summed E-state index contributed by atoms with van der Waals surface area (Å²) in [6.07, 6.45) is 0. The lowest BCUT2D eigenvalue weighted by molar-refractivity contribution is -0.136. The zero-order chi connectivity index (χ0) is 25.9. The van der Waals surface area contributed by atoms with Gasteiger partial charge in [0.2, 0.25) is 5.91 Å². The molecule has 0 saturated carbocycles. The minimum Gasteiger partial charge on any atom is -0.497 e. The number of amides is 2. The Bertz CT molecular complexity index is 1250. The standard InChI is InChI=1S/C30H32FN3O3/c1-3-32-16-18-33(19-17-32)30(36)27-25-6-4-5-7-26(25)29(35)34(20-21-8-12-23(31)13-9-21)28(27)22-10-14-24(37-2)15-11-22/h4-15,27-28H,3,16-20H2,1-2H3/t27-,28-/m0/s1. The van der Waals surface area contributed by atoms with Gasteiger partial charge in [-0.15, -0.1) is 0 Å². The number of hydrogen-bond acceptors (Lipinski definition) is 4. The van der Waals surface area contributed by atoms with Crippen molar-refractivity contribution in [2.24, 2.45) is 0 Å². The van der Waals surface area contributed by atoms with Crippen molar-refractivity contribution in [1.82, 2.24) is 14.7 Å². The maximum absolute atomic E-state index is 14.3. The molecule has 3 aromatic carbocycles. The fourth-order valence-electron chi connectivity index (χ4n) is 5.47. The number of carbonyl (C=O) groups excluding carboxylic acids is 2. The smallest absolute Gasteiger partial charge is 0.255 e. The van der Waals surface area contributed by atoms with Crippen LogP contribution in [0, 0.1) is 5.82 Å². The average Bonchev–Trinajstić information content (AvgIpc) is 2.95. The van der Waals surface area contributed by atoms with Crippen molar-refractivity contribution < 1.29 is 18.7 Å². The minimum atomic E-state index is -0.559. The van der Waals surface area contributed by atoms with Crippen molar-refractivity contribution in [3.05, 3.63) is 101 Å². The van der Waals surface area contributed by atoms with E-state index in [0.717, 1.165) is 36.3 Å². The number of likely N-dealkylation sites (N-methyl/N-ethyl adjacent to an activating group) is 1. The quantitative estimate of drug-likeness (QED) is 0.500. The van der Waals surface area contributed by atoms with E-state index < -0.39 is 12.0 Å². The summed E-state index contributed by atoms with van der Waals surface area (Å²) in [5.41, 5.74) is 2.96. The van der Waals surface area contributed by atoms with Crippen molar-refractivity contribution in [3.63, 3.8) is 0 Å². The van der Waals surface area contributed by atoms with E-state index in [-0.39, 0.29) is 24.2 Å². The van der Waals surface area contributed by atoms with Crippen LogP contribution in [0.2, 0.25) is 0 Å². The largest absolute Gasteiger partial charge is 0.497 e. The molecule has 3 aromatic rings. The number of fused-ring (bicyclic) bond motifs is 1. The highest BCUT2D eigenvalue weighted by Crippen LogP contribution is 2.44. The molecule has 2 atom stereocenters. The Kier molecular flexibility index (Phi) is 7.24. The topological polar surface area (TPSA) is 53.1 Å². The fraction of sp³-hybridized carbons (Fsp3) is 0.333. The first-order chi connectivity index (χ1) is 18.0. The predicted octanol–water partition coefficient (Wildman–Crippen LogP) is 4.48. The van der Waals surface area contributed by atoms with Gasteiger partial charge in [-0.05, 0) is 53.6 Å². The van der Waals surface area contributed by atoms with E-state index in [1.807, 2.05) is 47.4 Å². The molecule has 0 spiro atoms. The molecule has 2 aliphatic heterocycles. The summed E-state index contributed by atoms with van der Waals surface area (Å²) in [5.74, 6) is -0.294. The van der Waals surface area contributed by atoms with E-state index >= 15 is 0 Å². The van der Waals surface area contributed by atoms with Crippen LogP contribution in [0.15, 0.2) is 72.8 Å². The Morgan fingerprint density at radius 1 is 0.946 bits per heavy atom. The second kappa shape index (κ2) is 10.7. The molecule has 1 saturated heterocycles. The first-order valence-electron chi connectivity index (χ1n) is 12.8. The third kappa shape index (κ3) is 4.96. The third-order valence-corrected chi connectivity index (χ3v) is 7.56. The second-order valence-electron chi connectivity index (χ2n) is 9.60. The van der Waals surface area contributed by atoms with Crippen LogP contribution in [0.1, 0.15) is 45.9 Å². The number of ether oxygens (including phenoxy) is 1. The van der Waals surface area contributed by atoms with E-state index in [4.69, 9.17) is 4.74 Å². The number of rotatable bonds is 6. The van der Waals surface area contributed by atoms with Gasteiger partial charge in [0, 0.05) is 38.3 Å². The zero-order valence-electron chi connectivity index (χ0n) is 21.3. The van der Waals surface area contributed by atoms with Gasteiger partial charge in [-0.1, -0.05) is 49.4 Å². The minimum absolute atomic E-state index is 0.0284. The second-order valence-corrected chi connectivity index (χ2v) is 9.60. The predicted molar refractivity (Wildman–Crippen MR) is 140 cm³/mol. The highest BCUT2D eigenvalue weighted by Gasteiger charge is 2.45. The molecular weight excluding hydrogens is 469 g/mol. The van der Waals surface area contributed by atoms with Gasteiger partial charge in [-0.25, -0.2) is 4.39 Å². The molecule has 192 valence electrons. The zero-order valence-corrected chi connectivity index (χ0v) is 21.3. The molecule has 1 fully saturated rings. The summed E-state index contributed by atoms with van der Waals surface area (Å²) < 4.78 is 19.0. The highest BCUT2D eigenvalue weighted by molar-refractivity contribution is 6.01. The van der Waals surface area contributed by atoms with E-state index in [2.05, 4.69) is 11.8 Å². The van der Waals surface area contributed by atoms with Crippen LogP contribution >= 0.6 is 0 Å². The number of hydrogen-bond donors (Lipinski definition) is 0. The lowest BCUT2D eigenvalue weighted by Crippen LogP contribution is -2.53. The lowest BCUT2D eigenvalue weighted by atomic mass is 9.78. The first kappa shape index (κ1) is 25.0. The van der Waals surface area contributed by atoms with E-state index in [1.165, 1.54) is 12.1 Å². The van der Waals surface area contributed by atoms with Gasteiger partial charge in [0.1, 0.15) is 11.6 Å². The van der Waals surface area contributed by atoms with Crippen LogP contribution in [0.25, 0.3) is 0 Å². The summed E-state index contributed by atoms with van der Waals surface area (Å²) in [5, 5.41) is 0. The highest BCUT2D eigenvalue weighted by atomic mass is 19.1. The van der Waals surface area contributed by atoms with Crippen LogP contribution in [-0.2, 0) is 11.3 Å². The summed E-state index contributed by atoms with van der Waals surface area (Å²) in [6, 6.07) is 20.7. The van der Waals surface area contributed by atoms with Crippen molar-refractivity contribution in [1.29, 1.82) is 0 Å². The Morgan fingerprint density at radius 2 is 1.62 bits per heavy atom. The van der Waals surface area contributed by atoms with Gasteiger partial charge in [0.05, 0.1) is 19.1 Å². The normalized spacial score (nSPS) is 20.0. The molecule has 2 amide bonds. The molecule has 37 heavy (non-hydrogen) atoms. The maximum Gasteiger partial charge on any atom is 0.255 e. The van der Waals surface area contributed by atoms with Crippen molar-refractivity contribution in [3.8, 4) is 5.75 Å². The number of methoxy groups -OCH3 is 1. The summed E-state index contributed by atoms with van der Waals surface area (Å²) >= 11 is 0. The summed E-state index contributed by atoms with van der Waals surface area (Å²) in [7, 11) is 1.61. The Morgan fingerprint density at radius 3 is 2.27 bits per heavy atom. The number of piperazine rings is 1. The molecule has 0 N–H and O–H groups in total. The van der Waals surface area contributed by atoms with Gasteiger partial charge in [0.15, 0.2) is 0 Å². The third-order valence-electron chi connectivity index (χ3n) is 7.56. The molecule has 2 heterocycles. The Balaban J connectivity index is 1.60. The van der Waals surface area contributed by atoms with Crippen LogP contribution in [-0.4, -0.2) is 66.3 Å². The van der Waals surface area contributed by atoms with Crippen LogP contribution < -0.4 is 4.74 Å². The molecule has 5 rings (SSSR count). The molecule has 0 unspecified atom stereocenters. The number of halogens is 1. The van der Waals surface area contributed by atoms with Crippen molar-refractivity contribution in [2.75, 3.05) is 39.8 Å². The Labute approximate surface area is 217 Å². The van der Waals surface area contributed by atoms with Crippen molar-refractivity contribution in [2.45, 2.75) is 25.4 Å². The monoisotopic (exact) mass is 501 g/mol. The lowest BCUT2D eigenvalue weighted by Gasteiger charge is -2.44. The number of benzene rings is 3. The van der Waals surface area contributed by atoms with Gasteiger partial charge in [-0.3, -0.25) is 9.59 Å². The van der Waals surface area contributed by atoms with Crippen LogP contribution in [0.5, 0.6) is 5.75 Å². The Hall–Kier alpha value is -3.71. The number of carbonyl (C=O) groups is 2. The molecule has 0 aliphatic carbocycles. The average molecular weight is 502 g/mol. The molecule has 2 aliphatic rings. The van der Waals surface area contributed by atoms with Crippen LogP contribution in [0.4, 0.5) is 4.39 Å². The summed E-state index contributed by atoms with van der Waals surface area (Å²) in [4.78, 5) is 34.2. The molecule has 0 bridgehead atoms. The molecule has 6 nitrogen and oxygen atoms in total. The summed E-state index contributed by atoms with van der Waals surface area (Å²) in [6.45, 7) is 6.34. The first-order valence-corrected chi connectivity index (χ1v) is 12.8. The van der Waals surface area contributed by atoms with Gasteiger partial charge < -0.3 is 19.4 Å². The van der Waals surface area contributed by atoms with E-state index in [1.54, 1.807) is 30.2 Å². The van der Waals surface area contributed by atoms with Crippen LogP contribution in [0.3, 0.4) is 0 Å². The SMILES string of the molecule is CCN1CCN(C(=O)[C@H]2c3ccccc3C(=O)N(Cc3ccc(F)cc3)[C@H]2c2ccc(OC)cc2)CC1. The van der Waals surface area contributed by atoms with E-state index in [0.29, 0.717) is 24.4 Å². The molecule has 7 heteroatoms. The molecule has 0 radical (unpaired) electrons. The maximum atomic E-state index is 14.3. The van der Waals surface area contributed by atoms with Gasteiger partial charge >= 0.3 is 0 Å². The number of nitrogens with zero attached hydrogens (tertiary/aromatic N) is 3. The molecule has 0 aromatic heterocycles. The van der Waals surface area contributed by atoms with Gasteiger partial charge in [0.25, 0.3) is 5.91 Å². The van der Waals surface area contributed by atoms with Gasteiger partial charge in [-0.2, -0.15) is 0 Å². The molecular formula is C30H32FN3O3. The fourth-order valence-corrected chi connectivity index (χ4v) is 5.47. The van der Waals surface area contributed by atoms with E-state index in [9.17, 15) is 14.0 Å².